The fourth-order valence-corrected chi connectivity index (χ4v) is 21.1. The molecule has 6 rings (SSSR count). The van der Waals surface area contributed by atoms with E-state index in [0.717, 1.165) is 20.1 Å². The summed E-state index contributed by atoms with van der Waals surface area (Å²) in [7, 11) is -0.0112. The van der Waals surface area contributed by atoms with E-state index in [1.807, 2.05) is 10.6 Å². The van der Waals surface area contributed by atoms with E-state index in [1.165, 1.54) is 87.1 Å². The molecule has 4 aromatic rings. The van der Waals surface area contributed by atoms with E-state index < -0.39 is 23.2 Å². The Morgan fingerprint density at radius 2 is 0.765 bits per heavy atom. The molecule has 3 heteroatoms. The van der Waals surface area contributed by atoms with E-state index in [2.05, 4.69) is 149 Å². The van der Waals surface area contributed by atoms with Gasteiger partial charge in [0.05, 0.1) is 0 Å². The molecular weight excluding hydrogens is 730 g/mol. The summed E-state index contributed by atoms with van der Waals surface area (Å²) in [4.78, 5) is 0. The van der Waals surface area contributed by atoms with Crippen molar-refractivity contribution in [2.24, 2.45) is 0 Å². The summed E-state index contributed by atoms with van der Waals surface area (Å²) in [6.45, 7) is 9.50. The minimum Gasteiger partial charge on any atom is -0.0622 e. The monoisotopic (exact) mass is 790 g/mol. The van der Waals surface area contributed by atoms with Gasteiger partial charge in [0, 0.05) is 0 Å². The molecule has 0 bridgehead atoms. The quantitative estimate of drug-likeness (QED) is 0.0830. The number of benzene rings is 4. The predicted molar refractivity (Wildman–Crippen MR) is 228 cm³/mol. The molecule has 0 fully saturated rings. The average molecular weight is 792 g/mol. The molecule has 0 amide bonds. The SMILES string of the molecule is CCCCP(CCCC)C1=Cc2ccccc2[CH]1[Zr][CH]1C(P(CCCC)CCCC)=Cc2ccccc21.c1ccc(CCc2ccccc2)cc1. The Morgan fingerprint density at radius 1 is 0.431 bits per heavy atom. The van der Waals surface area contributed by atoms with E-state index >= 15 is 0 Å². The molecule has 0 saturated carbocycles. The van der Waals surface area contributed by atoms with Gasteiger partial charge in [0.1, 0.15) is 0 Å². The zero-order valence-electron chi connectivity index (χ0n) is 32.0. The molecule has 0 nitrogen and oxygen atoms in total. The van der Waals surface area contributed by atoms with Crippen LogP contribution in [0.5, 0.6) is 0 Å². The molecule has 4 aromatic carbocycles. The van der Waals surface area contributed by atoms with Crippen LogP contribution >= 0.6 is 15.8 Å². The van der Waals surface area contributed by atoms with Gasteiger partial charge in [-0.3, -0.25) is 0 Å². The summed E-state index contributed by atoms with van der Waals surface area (Å²) in [5, 5.41) is 3.81. The van der Waals surface area contributed by atoms with Gasteiger partial charge in [0.25, 0.3) is 0 Å². The van der Waals surface area contributed by atoms with Crippen LogP contribution in [0.2, 0.25) is 0 Å². The van der Waals surface area contributed by atoms with E-state index in [9.17, 15) is 0 Å². The molecule has 0 aromatic heterocycles. The minimum atomic E-state index is -0.814. The van der Waals surface area contributed by atoms with Crippen LogP contribution in [0.4, 0.5) is 0 Å². The van der Waals surface area contributed by atoms with Crippen molar-refractivity contribution in [2.45, 2.75) is 99.2 Å². The van der Waals surface area contributed by atoms with Crippen LogP contribution < -0.4 is 0 Å². The molecule has 2 aliphatic carbocycles. The molecule has 2 atom stereocenters. The summed E-state index contributed by atoms with van der Waals surface area (Å²) >= 11 is -0.814. The van der Waals surface area contributed by atoms with Gasteiger partial charge in [0.2, 0.25) is 0 Å². The smallest absolute Gasteiger partial charge is 0.0238 e. The number of hydrogen-bond acceptors (Lipinski definition) is 0. The molecule has 51 heavy (non-hydrogen) atoms. The van der Waals surface area contributed by atoms with Gasteiger partial charge in [-0.2, -0.15) is 0 Å². The van der Waals surface area contributed by atoms with Crippen LogP contribution in [0.25, 0.3) is 12.2 Å². The Balaban J connectivity index is 0.000000299. The Bertz CT molecular complexity index is 1500. The van der Waals surface area contributed by atoms with Crippen LogP contribution in [0.3, 0.4) is 0 Å². The Kier molecular flexibility index (Phi) is 17.7. The number of aryl methyl sites for hydroxylation is 2. The molecule has 0 N–H and O–H groups in total. The summed E-state index contributed by atoms with van der Waals surface area (Å²) in [5.41, 5.74) is 9.33. The number of unbranched alkanes of at least 4 members (excludes halogenated alkanes) is 4. The fraction of sp³-hybridized carbons (Fsp3) is 0.417. The second-order valence-corrected chi connectivity index (χ2v) is 22.9. The number of fused-ring (bicyclic) bond motifs is 2. The van der Waals surface area contributed by atoms with Crippen molar-refractivity contribution in [1.82, 2.24) is 0 Å². The van der Waals surface area contributed by atoms with Crippen LogP contribution in [0.1, 0.15) is 120 Å². The Morgan fingerprint density at radius 3 is 1.12 bits per heavy atom. The second kappa shape index (κ2) is 22.3. The van der Waals surface area contributed by atoms with Crippen molar-refractivity contribution in [3.8, 4) is 0 Å². The molecule has 0 spiro atoms. The third-order valence-corrected chi connectivity index (χ3v) is 21.9. The van der Waals surface area contributed by atoms with E-state index in [1.54, 1.807) is 22.3 Å². The topological polar surface area (TPSA) is 0 Å². The molecule has 2 unspecified atom stereocenters. The van der Waals surface area contributed by atoms with Gasteiger partial charge in [0.15, 0.2) is 0 Å². The third kappa shape index (κ3) is 11.8. The Hall–Kier alpha value is -1.90. The largest absolute Gasteiger partial charge is 0.0622 e. The number of allylic oxidation sites excluding steroid dienone is 2. The maximum absolute atomic E-state index is 2.69. The van der Waals surface area contributed by atoms with Crippen molar-refractivity contribution >= 4 is 28.0 Å². The zero-order valence-corrected chi connectivity index (χ0v) is 36.2. The summed E-state index contributed by atoms with van der Waals surface area (Å²) in [5.74, 6) is 0. The average Bonchev–Trinajstić information content (AvgIpc) is 3.73. The zero-order chi connectivity index (χ0) is 35.7. The summed E-state index contributed by atoms with van der Waals surface area (Å²) in [6, 6.07) is 40.2. The van der Waals surface area contributed by atoms with Gasteiger partial charge >= 0.3 is 244 Å². The first-order chi connectivity index (χ1) is 25.2. The van der Waals surface area contributed by atoms with Gasteiger partial charge in [-0.05, 0) is 24.0 Å². The minimum absolute atomic E-state index is 0.00559. The number of rotatable bonds is 19. The fourth-order valence-electron chi connectivity index (χ4n) is 7.39. The van der Waals surface area contributed by atoms with Gasteiger partial charge < -0.3 is 0 Å². The van der Waals surface area contributed by atoms with Crippen molar-refractivity contribution in [1.29, 1.82) is 0 Å². The first-order valence-electron chi connectivity index (χ1n) is 20.1. The van der Waals surface area contributed by atoms with Crippen LogP contribution in [-0.4, -0.2) is 24.6 Å². The van der Waals surface area contributed by atoms with Crippen LogP contribution in [0.15, 0.2) is 120 Å². The van der Waals surface area contributed by atoms with Crippen molar-refractivity contribution in [2.75, 3.05) is 24.6 Å². The van der Waals surface area contributed by atoms with E-state index in [0.29, 0.717) is 0 Å². The van der Waals surface area contributed by atoms with Gasteiger partial charge in [-0.25, -0.2) is 0 Å². The van der Waals surface area contributed by atoms with E-state index in [-0.39, 0.29) is 15.8 Å². The van der Waals surface area contributed by atoms with Crippen molar-refractivity contribution in [3.05, 3.63) is 153 Å². The maximum Gasteiger partial charge on any atom is -0.0238 e. The summed E-state index contributed by atoms with van der Waals surface area (Å²) in [6.07, 6.45) is 24.4. The first-order valence-corrected chi connectivity index (χ1v) is 26.4. The standard InChI is InChI=1S/2C17H24P.C14H14.Zr/c2*1-3-5-11-18(12-6-4-2)17-13-15-9-7-8-10-16(15)14-17;1-3-7-13(8-4-1)11-12-14-9-5-2-6-10-14;/h2*7-10,13-14H,3-6,11-12H2,1-2H3;1-10H,11-12H2;. The third-order valence-electron chi connectivity index (χ3n) is 10.4. The van der Waals surface area contributed by atoms with Gasteiger partial charge in [-0.1, -0.05) is 60.7 Å². The van der Waals surface area contributed by atoms with E-state index in [4.69, 9.17) is 0 Å². The second-order valence-electron chi connectivity index (χ2n) is 14.3. The first kappa shape index (κ1) is 40.3. The maximum atomic E-state index is 2.69. The van der Waals surface area contributed by atoms with Crippen molar-refractivity contribution in [3.63, 3.8) is 0 Å². The van der Waals surface area contributed by atoms with Crippen LogP contribution in [0, 0.1) is 0 Å². The van der Waals surface area contributed by atoms with Crippen molar-refractivity contribution < 1.29 is 23.2 Å². The molecule has 2 aliphatic rings. The molecule has 268 valence electrons. The Labute approximate surface area is 326 Å². The molecule has 0 radical (unpaired) electrons. The predicted octanol–water partition coefficient (Wildman–Crippen LogP) is 14.9. The van der Waals surface area contributed by atoms with Gasteiger partial charge in [-0.15, -0.1) is 0 Å². The van der Waals surface area contributed by atoms with Crippen LogP contribution in [-0.2, 0) is 36.1 Å². The molecular formula is C48H62P2Zr. The number of hydrogen-bond donors (Lipinski definition) is 0. The summed E-state index contributed by atoms with van der Waals surface area (Å²) < 4.78 is 1.54. The molecule has 0 heterocycles. The normalized spacial score (nSPS) is 16.0. The molecule has 0 aliphatic heterocycles. The molecule has 0 saturated heterocycles.